The van der Waals surface area contributed by atoms with E-state index in [-0.39, 0.29) is 22.5 Å². The van der Waals surface area contributed by atoms with Gasteiger partial charge in [0.25, 0.3) is 0 Å². The molecule has 0 heterocycles. The van der Waals surface area contributed by atoms with Crippen LogP contribution in [-0.2, 0) is 6.61 Å². The molecule has 102 valence electrons. The number of benzene rings is 2. The van der Waals surface area contributed by atoms with Gasteiger partial charge in [0.15, 0.2) is 5.78 Å². The molecule has 0 aliphatic carbocycles. The second kappa shape index (κ2) is 6.36. The number of carbonyl (C=O) groups is 1. The summed E-state index contributed by atoms with van der Waals surface area (Å²) in [6, 6.07) is 16.3. The van der Waals surface area contributed by atoms with Gasteiger partial charge in [-0.15, -0.1) is 0 Å². The predicted molar refractivity (Wildman–Crippen MR) is 76.7 cm³/mol. The molecule has 0 amide bonds. The number of ketones is 1. The van der Waals surface area contributed by atoms with E-state index in [0.29, 0.717) is 12.4 Å². The topological polar surface area (TPSA) is 73.9 Å². The maximum Gasteiger partial charge on any atom is 0.161 e. The summed E-state index contributed by atoms with van der Waals surface area (Å²) in [7, 11) is 0. The molecule has 21 heavy (non-hydrogen) atoms. The first-order chi connectivity index (χ1) is 10.2. The minimum atomic E-state index is -0.252. The fourth-order valence-electron chi connectivity index (χ4n) is 1.91. The average molecular weight is 276 g/mol. The third-order valence-corrected chi connectivity index (χ3v) is 2.98. The minimum Gasteiger partial charge on any atom is -0.487 e. The molecule has 0 atom stereocenters. The number of rotatable bonds is 4. The van der Waals surface area contributed by atoms with E-state index in [2.05, 4.69) is 0 Å². The second-order valence-electron chi connectivity index (χ2n) is 4.45. The monoisotopic (exact) mass is 276 g/mol. The van der Waals surface area contributed by atoms with Crippen molar-refractivity contribution in [2.75, 3.05) is 0 Å². The number of hydrogen-bond acceptors (Lipinski definition) is 4. The molecule has 0 unspecified atom stereocenters. The lowest BCUT2D eigenvalue weighted by atomic mass is 10.0. The van der Waals surface area contributed by atoms with E-state index in [1.165, 1.54) is 19.1 Å². The van der Waals surface area contributed by atoms with Crippen molar-refractivity contribution in [2.24, 2.45) is 0 Å². The Morgan fingerprint density at radius 1 is 1.10 bits per heavy atom. The molecule has 0 aromatic heterocycles. The molecule has 2 rings (SSSR count). The van der Waals surface area contributed by atoms with Gasteiger partial charge in [-0.05, 0) is 18.6 Å². The lowest BCUT2D eigenvalue weighted by Gasteiger charge is -2.10. The van der Waals surface area contributed by atoms with Crippen molar-refractivity contribution in [1.29, 1.82) is 10.5 Å². The number of ether oxygens (including phenoxy) is 1. The largest absolute Gasteiger partial charge is 0.487 e. The summed E-state index contributed by atoms with van der Waals surface area (Å²) in [6.45, 7) is 1.65. The Bertz CT molecular complexity index is 753. The molecular formula is C17H12N2O2. The lowest BCUT2D eigenvalue weighted by molar-refractivity contribution is 0.101. The molecule has 0 spiro atoms. The van der Waals surface area contributed by atoms with Gasteiger partial charge in [0, 0.05) is 11.6 Å². The number of nitriles is 2. The van der Waals surface area contributed by atoms with Crippen molar-refractivity contribution in [2.45, 2.75) is 13.5 Å². The fraction of sp³-hybridized carbons (Fsp3) is 0.118. The smallest absolute Gasteiger partial charge is 0.161 e. The summed E-state index contributed by atoms with van der Waals surface area (Å²) < 4.78 is 5.61. The van der Waals surface area contributed by atoms with E-state index in [1.54, 1.807) is 0 Å². The molecular weight excluding hydrogens is 264 g/mol. The standard InChI is InChI=1S/C17H12N2O2/c1-12(20)16-7-15(10-19)17(8-14(16)9-18)21-11-13-5-3-2-4-6-13/h2-8H,11H2,1H3. The quantitative estimate of drug-likeness (QED) is 0.804. The van der Waals surface area contributed by atoms with Crippen LogP contribution in [0.15, 0.2) is 42.5 Å². The Labute approximate surface area is 122 Å². The molecule has 0 saturated carbocycles. The number of hydrogen-bond donors (Lipinski definition) is 0. The zero-order chi connectivity index (χ0) is 15.2. The van der Waals surface area contributed by atoms with Crippen molar-refractivity contribution in [3.8, 4) is 17.9 Å². The Morgan fingerprint density at radius 2 is 1.76 bits per heavy atom. The van der Waals surface area contributed by atoms with Crippen molar-refractivity contribution < 1.29 is 9.53 Å². The van der Waals surface area contributed by atoms with E-state index in [0.717, 1.165) is 5.56 Å². The van der Waals surface area contributed by atoms with Gasteiger partial charge in [0.1, 0.15) is 24.5 Å². The second-order valence-corrected chi connectivity index (χ2v) is 4.45. The average Bonchev–Trinajstić information content (AvgIpc) is 2.52. The molecule has 0 aliphatic rings. The summed E-state index contributed by atoms with van der Waals surface area (Å²) in [6.07, 6.45) is 0. The molecule has 0 radical (unpaired) electrons. The van der Waals surface area contributed by atoms with Crippen LogP contribution in [0.3, 0.4) is 0 Å². The number of carbonyl (C=O) groups excluding carboxylic acids is 1. The summed E-state index contributed by atoms with van der Waals surface area (Å²) in [5.74, 6) is 0.0561. The van der Waals surface area contributed by atoms with Crippen LogP contribution in [0.25, 0.3) is 0 Å². The summed E-state index contributed by atoms with van der Waals surface area (Å²) >= 11 is 0. The highest BCUT2D eigenvalue weighted by atomic mass is 16.5. The van der Waals surface area contributed by atoms with Gasteiger partial charge in [0.2, 0.25) is 0 Å². The van der Waals surface area contributed by atoms with Crippen LogP contribution < -0.4 is 4.74 Å². The van der Waals surface area contributed by atoms with E-state index in [4.69, 9.17) is 15.3 Å². The maximum absolute atomic E-state index is 11.5. The maximum atomic E-state index is 11.5. The lowest BCUT2D eigenvalue weighted by Crippen LogP contribution is -2.02. The Balaban J connectivity index is 2.33. The Kier molecular flexibility index (Phi) is 4.33. The third kappa shape index (κ3) is 3.26. The molecule has 4 nitrogen and oxygen atoms in total. The molecule has 2 aromatic carbocycles. The number of Topliss-reactive ketones (excluding diaryl/α,β-unsaturated/α-hetero) is 1. The number of nitrogens with zero attached hydrogens (tertiary/aromatic N) is 2. The normalized spacial score (nSPS) is 9.48. The predicted octanol–water partition coefficient (Wildman–Crippen LogP) is 3.21. The first-order valence-corrected chi connectivity index (χ1v) is 6.31. The van der Waals surface area contributed by atoms with Gasteiger partial charge in [0.05, 0.1) is 11.1 Å². The van der Waals surface area contributed by atoms with Gasteiger partial charge in [-0.2, -0.15) is 10.5 Å². The van der Waals surface area contributed by atoms with E-state index in [9.17, 15) is 4.79 Å². The molecule has 0 aliphatic heterocycles. The summed E-state index contributed by atoms with van der Waals surface area (Å²) in [5.41, 5.74) is 1.65. The van der Waals surface area contributed by atoms with Gasteiger partial charge >= 0.3 is 0 Å². The Morgan fingerprint density at radius 3 is 2.33 bits per heavy atom. The van der Waals surface area contributed by atoms with Gasteiger partial charge in [-0.1, -0.05) is 30.3 Å². The first kappa shape index (κ1) is 14.3. The van der Waals surface area contributed by atoms with Crippen molar-refractivity contribution in [1.82, 2.24) is 0 Å². The third-order valence-electron chi connectivity index (χ3n) is 2.98. The highest BCUT2D eigenvalue weighted by Crippen LogP contribution is 2.24. The molecule has 0 bridgehead atoms. The summed E-state index contributed by atoms with van der Waals surface area (Å²) in [5, 5.41) is 18.3. The highest BCUT2D eigenvalue weighted by molar-refractivity contribution is 5.97. The molecule has 4 heteroatoms. The summed E-state index contributed by atoms with van der Waals surface area (Å²) in [4.78, 5) is 11.5. The fourth-order valence-corrected chi connectivity index (χ4v) is 1.91. The van der Waals surface area contributed by atoms with Crippen LogP contribution in [-0.4, -0.2) is 5.78 Å². The Hall–Kier alpha value is -3.11. The molecule has 0 fully saturated rings. The van der Waals surface area contributed by atoms with Gasteiger partial charge in [-0.3, -0.25) is 4.79 Å². The van der Waals surface area contributed by atoms with E-state index < -0.39 is 0 Å². The van der Waals surface area contributed by atoms with Gasteiger partial charge in [-0.25, -0.2) is 0 Å². The zero-order valence-electron chi connectivity index (χ0n) is 11.5. The van der Waals surface area contributed by atoms with E-state index >= 15 is 0 Å². The molecule has 0 N–H and O–H groups in total. The van der Waals surface area contributed by atoms with Crippen LogP contribution in [0.1, 0.15) is 34.0 Å². The minimum absolute atomic E-state index is 0.213. The molecule has 0 saturated heterocycles. The van der Waals surface area contributed by atoms with Crippen LogP contribution in [0.2, 0.25) is 0 Å². The highest BCUT2D eigenvalue weighted by Gasteiger charge is 2.14. The zero-order valence-corrected chi connectivity index (χ0v) is 11.5. The first-order valence-electron chi connectivity index (χ1n) is 6.31. The van der Waals surface area contributed by atoms with Crippen LogP contribution in [0.4, 0.5) is 0 Å². The van der Waals surface area contributed by atoms with Crippen molar-refractivity contribution in [3.63, 3.8) is 0 Å². The van der Waals surface area contributed by atoms with Crippen LogP contribution >= 0.6 is 0 Å². The molecule has 2 aromatic rings. The van der Waals surface area contributed by atoms with Crippen molar-refractivity contribution >= 4 is 5.78 Å². The van der Waals surface area contributed by atoms with Crippen molar-refractivity contribution in [3.05, 3.63) is 64.7 Å². The van der Waals surface area contributed by atoms with E-state index in [1.807, 2.05) is 42.5 Å². The van der Waals surface area contributed by atoms with Gasteiger partial charge < -0.3 is 4.74 Å². The van der Waals surface area contributed by atoms with Crippen LogP contribution in [0.5, 0.6) is 5.75 Å². The van der Waals surface area contributed by atoms with Crippen LogP contribution in [0, 0.1) is 22.7 Å². The SMILES string of the molecule is CC(=O)c1cc(C#N)c(OCc2ccccc2)cc1C#N.